The average Bonchev–Trinajstić information content (AvgIpc) is 2.22. The second-order valence-electron chi connectivity index (χ2n) is 4.09. The number of rotatable bonds is 9. The Labute approximate surface area is 108 Å². The highest BCUT2D eigenvalue weighted by Crippen LogP contribution is 2.24. The van der Waals surface area contributed by atoms with Crippen molar-refractivity contribution in [3.63, 3.8) is 0 Å². The molecule has 1 nitrogen and oxygen atoms in total. The van der Waals surface area contributed by atoms with Crippen LogP contribution in [-0.2, 0) is 0 Å². The molecule has 0 saturated carbocycles. The van der Waals surface area contributed by atoms with E-state index in [-0.39, 0.29) is 0 Å². The van der Waals surface area contributed by atoms with Gasteiger partial charge in [0.1, 0.15) is 0 Å². The van der Waals surface area contributed by atoms with Crippen LogP contribution in [0.5, 0.6) is 0 Å². The van der Waals surface area contributed by atoms with Crippen LogP contribution in [0.25, 0.3) is 0 Å². The highest BCUT2D eigenvalue weighted by atomic mass is 127. The summed E-state index contributed by atoms with van der Waals surface area (Å²) in [6, 6.07) is 0. The van der Waals surface area contributed by atoms with E-state index < -0.39 is 5.60 Å². The average molecular weight is 322 g/mol. The SMILES string of the molecule is C=CCC(O)(C/C=C/I)CCCCCC. The summed E-state index contributed by atoms with van der Waals surface area (Å²) in [7, 11) is 0. The van der Waals surface area contributed by atoms with E-state index >= 15 is 0 Å². The van der Waals surface area contributed by atoms with Crippen LogP contribution in [0.1, 0.15) is 51.9 Å². The summed E-state index contributed by atoms with van der Waals surface area (Å²) in [5.74, 6) is 0. The molecule has 2 heteroatoms. The summed E-state index contributed by atoms with van der Waals surface area (Å²) in [6.45, 7) is 5.92. The highest BCUT2D eigenvalue weighted by molar-refractivity contribution is 14.1. The lowest BCUT2D eigenvalue weighted by atomic mass is 9.89. The predicted octanol–water partition coefficient (Wildman–Crippen LogP) is 4.60. The van der Waals surface area contributed by atoms with Crippen LogP contribution in [0.3, 0.4) is 0 Å². The molecule has 0 aromatic heterocycles. The van der Waals surface area contributed by atoms with Crippen LogP contribution in [0.4, 0.5) is 0 Å². The van der Waals surface area contributed by atoms with Crippen molar-refractivity contribution >= 4 is 22.6 Å². The largest absolute Gasteiger partial charge is 0.389 e. The van der Waals surface area contributed by atoms with Crippen molar-refractivity contribution in [3.8, 4) is 0 Å². The molecule has 1 unspecified atom stereocenters. The Morgan fingerprint density at radius 3 is 2.53 bits per heavy atom. The molecule has 1 N–H and O–H groups in total. The Hall–Kier alpha value is 0.170. The topological polar surface area (TPSA) is 20.2 Å². The van der Waals surface area contributed by atoms with E-state index in [1.807, 2.05) is 16.2 Å². The molecule has 0 rings (SSSR count). The molecule has 0 heterocycles. The third-order valence-corrected chi connectivity index (χ3v) is 3.12. The summed E-state index contributed by atoms with van der Waals surface area (Å²) in [6.07, 6.45) is 11.0. The van der Waals surface area contributed by atoms with Crippen LogP contribution >= 0.6 is 22.6 Å². The first-order valence-electron chi connectivity index (χ1n) is 5.77. The van der Waals surface area contributed by atoms with Gasteiger partial charge in [-0.1, -0.05) is 67.3 Å². The lowest BCUT2D eigenvalue weighted by molar-refractivity contribution is 0.0348. The standard InChI is InChI=1S/C13H23IO/c1-3-5-6-7-10-13(15,9-4-2)11-8-12-14/h4,8,12,15H,2-3,5-7,9-11H2,1H3/b12-8+. The summed E-state index contributed by atoms with van der Waals surface area (Å²) in [4.78, 5) is 0. The maximum atomic E-state index is 10.3. The van der Waals surface area contributed by atoms with E-state index in [0.717, 1.165) is 19.3 Å². The third kappa shape index (κ3) is 8.03. The quantitative estimate of drug-likeness (QED) is 0.374. The van der Waals surface area contributed by atoms with Gasteiger partial charge < -0.3 is 5.11 Å². The molecule has 0 aromatic carbocycles. The Morgan fingerprint density at radius 2 is 2.00 bits per heavy atom. The summed E-state index contributed by atoms with van der Waals surface area (Å²) in [5, 5.41) is 10.3. The van der Waals surface area contributed by atoms with Gasteiger partial charge in [0, 0.05) is 0 Å². The van der Waals surface area contributed by atoms with Gasteiger partial charge in [0.2, 0.25) is 0 Å². The maximum absolute atomic E-state index is 10.3. The molecule has 0 fully saturated rings. The minimum absolute atomic E-state index is 0.558. The summed E-state index contributed by atoms with van der Waals surface area (Å²) < 4.78 is 1.97. The van der Waals surface area contributed by atoms with Crippen LogP contribution in [-0.4, -0.2) is 10.7 Å². The third-order valence-electron chi connectivity index (χ3n) is 2.61. The first-order chi connectivity index (χ1) is 7.18. The van der Waals surface area contributed by atoms with E-state index in [2.05, 4.69) is 36.1 Å². The molecular weight excluding hydrogens is 299 g/mol. The Kier molecular flexibility index (Phi) is 9.51. The van der Waals surface area contributed by atoms with Gasteiger partial charge in [-0.3, -0.25) is 0 Å². The Balaban J connectivity index is 3.94. The zero-order chi connectivity index (χ0) is 11.6. The minimum Gasteiger partial charge on any atom is -0.389 e. The number of halogens is 1. The molecule has 0 radical (unpaired) electrons. The molecular formula is C13H23IO. The van der Waals surface area contributed by atoms with Crippen LogP contribution in [0.2, 0.25) is 0 Å². The van der Waals surface area contributed by atoms with Crippen molar-refractivity contribution < 1.29 is 5.11 Å². The van der Waals surface area contributed by atoms with Gasteiger partial charge in [-0.25, -0.2) is 0 Å². The Bertz CT molecular complexity index is 189. The minimum atomic E-state index is -0.558. The molecule has 1 atom stereocenters. The van der Waals surface area contributed by atoms with E-state index in [0.29, 0.717) is 6.42 Å². The fourth-order valence-corrected chi connectivity index (χ4v) is 1.96. The van der Waals surface area contributed by atoms with Gasteiger partial charge >= 0.3 is 0 Å². The smallest absolute Gasteiger partial charge is 0.0716 e. The summed E-state index contributed by atoms with van der Waals surface area (Å²) >= 11 is 2.19. The van der Waals surface area contributed by atoms with Gasteiger partial charge in [-0.05, 0) is 23.3 Å². The first kappa shape index (κ1) is 15.2. The molecule has 0 bridgehead atoms. The first-order valence-corrected chi connectivity index (χ1v) is 7.01. The van der Waals surface area contributed by atoms with Crippen molar-refractivity contribution in [2.75, 3.05) is 0 Å². The van der Waals surface area contributed by atoms with Crippen LogP contribution in [0.15, 0.2) is 22.8 Å². The van der Waals surface area contributed by atoms with Gasteiger partial charge in [0.15, 0.2) is 0 Å². The predicted molar refractivity (Wildman–Crippen MR) is 76.3 cm³/mol. The van der Waals surface area contributed by atoms with Gasteiger partial charge in [0.05, 0.1) is 5.60 Å². The molecule has 0 spiro atoms. The van der Waals surface area contributed by atoms with E-state index in [9.17, 15) is 5.11 Å². The Morgan fingerprint density at radius 1 is 1.27 bits per heavy atom. The van der Waals surface area contributed by atoms with Crippen molar-refractivity contribution in [3.05, 3.63) is 22.8 Å². The normalized spacial score (nSPS) is 15.4. The van der Waals surface area contributed by atoms with Crippen LogP contribution in [0, 0.1) is 0 Å². The van der Waals surface area contributed by atoms with Crippen molar-refractivity contribution in [1.29, 1.82) is 0 Å². The molecule has 0 aliphatic carbocycles. The van der Waals surface area contributed by atoms with Crippen molar-refractivity contribution in [2.24, 2.45) is 0 Å². The molecule has 0 aliphatic rings. The molecule has 0 aliphatic heterocycles. The second-order valence-corrected chi connectivity index (χ2v) is 4.81. The molecule has 0 amide bonds. The van der Waals surface area contributed by atoms with Crippen LogP contribution < -0.4 is 0 Å². The zero-order valence-electron chi connectivity index (χ0n) is 9.71. The van der Waals surface area contributed by atoms with Gasteiger partial charge in [0.25, 0.3) is 0 Å². The maximum Gasteiger partial charge on any atom is 0.0716 e. The fourth-order valence-electron chi connectivity index (χ4n) is 1.70. The zero-order valence-corrected chi connectivity index (χ0v) is 11.9. The number of hydrogen-bond donors (Lipinski definition) is 1. The van der Waals surface area contributed by atoms with Crippen molar-refractivity contribution in [1.82, 2.24) is 0 Å². The second kappa shape index (κ2) is 9.40. The molecule has 0 aromatic rings. The number of aliphatic hydroxyl groups is 1. The fraction of sp³-hybridized carbons (Fsp3) is 0.692. The van der Waals surface area contributed by atoms with E-state index in [1.165, 1.54) is 19.3 Å². The lowest BCUT2D eigenvalue weighted by Gasteiger charge is -2.25. The highest BCUT2D eigenvalue weighted by Gasteiger charge is 2.22. The summed E-state index contributed by atoms with van der Waals surface area (Å²) in [5.41, 5.74) is -0.558. The molecule has 0 saturated heterocycles. The lowest BCUT2D eigenvalue weighted by Crippen LogP contribution is -2.26. The molecule has 15 heavy (non-hydrogen) atoms. The molecule has 88 valence electrons. The van der Waals surface area contributed by atoms with E-state index in [1.54, 1.807) is 0 Å². The number of unbranched alkanes of at least 4 members (excludes halogenated alkanes) is 3. The van der Waals surface area contributed by atoms with E-state index in [4.69, 9.17) is 0 Å². The van der Waals surface area contributed by atoms with Gasteiger partial charge in [-0.2, -0.15) is 0 Å². The number of hydrogen-bond acceptors (Lipinski definition) is 1. The monoisotopic (exact) mass is 322 g/mol. The van der Waals surface area contributed by atoms with Gasteiger partial charge in [-0.15, -0.1) is 6.58 Å². The van der Waals surface area contributed by atoms with Crippen molar-refractivity contribution in [2.45, 2.75) is 57.5 Å².